The topological polar surface area (TPSA) is 96.0 Å². The maximum atomic E-state index is 11.5. The molecule has 0 heterocycles. The number of rotatable bonds is 1. The molecule has 0 bridgehead atoms. The molecule has 0 radical (unpaired) electrons. The summed E-state index contributed by atoms with van der Waals surface area (Å²) in [5.74, 6) is -2.11. The molecule has 0 aliphatic heterocycles. The lowest BCUT2D eigenvalue weighted by atomic mass is 10.3. The highest BCUT2D eigenvalue weighted by molar-refractivity contribution is 6.39. The van der Waals surface area contributed by atoms with E-state index in [2.05, 4.69) is 5.16 Å². The summed E-state index contributed by atoms with van der Waals surface area (Å²) in [5.41, 5.74) is 0.468. The standard InChI is InChI=1S/C9H9N3O4/c1-11(7-5-3-2-4-6-7)9(13)8(10-14)12(15)16/h2-6,14H,1H3/b10-8+. The van der Waals surface area contributed by atoms with E-state index < -0.39 is 16.7 Å². The van der Waals surface area contributed by atoms with Gasteiger partial charge in [-0.05, 0) is 17.1 Å². The van der Waals surface area contributed by atoms with Gasteiger partial charge in [0.15, 0.2) is 5.16 Å². The van der Waals surface area contributed by atoms with E-state index >= 15 is 0 Å². The van der Waals surface area contributed by atoms with Crippen molar-refractivity contribution < 1.29 is 14.9 Å². The number of benzene rings is 1. The van der Waals surface area contributed by atoms with Crippen LogP contribution in [0.1, 0.15) is 0 Å². The number of amidine groups is 1. The van der Waals surface area contributed by atoms with Gasteiger partial charge in [-0.3, -0.25) is 4.79 Å². The van der Waals surface area contributed by atoms with Crippen molar-refractivity contribution in [2.75, 3.05) is 11.9 Å². The third kappa shape index (κ3) is 2.32. The van der Waals surface area contributed by atoms with Crippen molar-refractivity contribution in [3.63, 3.8) is 0 Å². The van der Waals surface area contributed by atoms with Gasteiger partial charge in [-0.15, -0.1) is 0 Å². The van der Waals surface area contributed by atoms with Gasteiger partial charge in [-0.1, -0.05) is 18.2 Å². The van der Waals surface area contributed by atoms with Gasteiger partial charge in [0.25, 0.3) is 0 Å². The number of para-hydroxylation sites is 1. The van der Waals surface area contributed by atoms with E-state index in [1.807, 2.05) is 0 Å². The molecule has 1 N–H and O–H groups in total. The van der Waals surface area contributed by atoms with Crippen LogP contribution in [-0.4, -0.2) is 28.9 Å². The van der Waals surface area contributed by atoms with Gasteiger partial charge in [0.2, 0.25) is 0 Å². The van der Waals surface area contributed by atoms with Crippen molar-refractivity contribution in [2.24, 2.45) is 5.16 Å². The largest absolute Gasteiger partial charge is 0.474 e. The van der Waals surface area contributed by atoms with Crippen molar-refractivity contribution in [1.82, 2.24) is 0 Å². The van der Waals surface area contributed by atoms with Crippen LogP contribution in [0.3, 0.4) is 0 Å². The Morgan fingerprint density at radius 3 is 2.44 bits per heavy atom. The van der Waals surface area contributed by atoms with Crippen LogP contribution in [-0.2, 0) is 4.79 Å². The molecule has 0 saturated heterocycles. The minimum absolute atomic E-state index is 0.468. The Labute approximate surface area is 90.7 Å². The number of anilines is 1. The number of nitro groups is 1. The number of hydrogen-bond acceptors (Lipinski definition) is 5. The molecule has 7 nitrogen and oxygen atoms in total. The van der Waals surface area contributed by atoms with Crippen LogP contribution in [0.25, 0.3) is 0 Å². The molecule has 0 aromatic heterocycles. The molecular weight excluding hydrogens is 214 g/mol. The van der Waals surface area contributed by atoms with Gasteiger partial charge in [0.05, 0.1) is 0 Å². The Kier molecular flexibility index (Phi) is 3.54. The molecule has 1 amide bonds. The summed E-state index contributed by atoms with van der Waals surface area (Å²) in [6, 6.07) is 8.32. The summed E-state index contributed by atoms with van der Waals surface area (Å²) in [6.45, 7) is 0. The van der Waals surface area contributed by atoms with E-state index in [-0.39, 0.29) is 0 Å². The SMILES string of the molecule is CN(C(=O)/C(=N\O)[N+](=O)[O-])c1ccccc1. The van der Waals surface area contributed by atoms with E-state index in [9.17, 15) is 14.9 Å². The van der Waals surface area contributed by atoms with E-state index in [1.54, 1.807) is 30.3 Å². The van der Waals surface area contributed by atoms with Crippen molar-refractivity contribution >= 4 is 17.4 Å². The fourth-order valence-electron chi connectivity index (χ4n) is 1.08. The summed E-state index contributed by atoms with van der Waals surface area (Å²) >= 11 is 0. The molecule has 16 heavy (non-hydrogen) atoms. The van der Waals surface area contributed by atoms with Crippen LogP contribution in [0.5, 0.6) is 0 Å². The molecule has 84 valence electrons. The number of nitrogens with zero attached hydrogens (tertiary/aromatic N) is 3. The summed E-state index contributed by atoms with van der Waals surface area (Å²) < 4.78 is 0. The van der Waals surface area contributed by atoms with Gasteiger partial charge in [0, 0.05) is 12.7 Å². The van der Waals surface area contributed by atoms with Crippen LogP contribution in [0.4, 0.5) is 5.69 Å². The monoisotopic (exact) mass is 223 g/mol. The highest BCUT2D eigenvalue weighted by Crippen LogP contribution is 2.11. The highest BCUT2D eigenvalue weighted by atomic mass is 16.6. The molecule has 7 heteroatoms. The molecule has 1 aromatic rings. The maximum absolute atomic E-state index is 11.5. The predicted octanol–water partition coefficient (Wildman–Crippen LogP) is 0.714. The van der Waals surface area contributed by atoms with Crippen LogP contribution in [0.15, 0.2) is 35.5 Å². The van der Waals surface area contributed by atoms with Gasteiger partial charge in [0.1, 0.15) is 0 Å². The van der Waals surface area contributed by atoms with Crippen molar-refractivity contribution in [3.05, 3.63) is 40.4 Å². The molecule has 0 spiro atoms. The minimum atomic E-state index is -1.12. The lowest BCUT2D eigenvalue weighted by Crippen LogP contribution is -2.37. The number of hydrogen-bond donors (Lipinski definition) is 1. The second-order valence-corrected chi connectivity index (χ2v) is 2.88. The third-order valence-electron chi connectivity index (χ3n) is 1.91. The molecule has 0 aliphatic rings. The van der Waals surface area contributed by atoms with Crippen LogP contribution in [0, 0.1) is 10.1 Å². The number of oxime groups is 1. The van der Waals surface area contributed by atoms with Gasteiger partial charge in [-0.25, -0.2) is 0 Å². The second-order valence-electron chi connectivity index (χ2n) is 2.88. The van der Waals surface area contributed by atoms with E-state index in [0.717, 1.165) is 4.90 Å². The molecule has 1 rings (SSSR count). The smallest absolute Gasteiger partial charge is 0.358 e. The minimum Gasteiger partial charge on any atom is -0.358 e. The lowest BCUT2D eigenvalue weighted by molar-refractivity contribution is -0.350. The highest BCUT2D eigenvalue weighted by Gasteiger charge is 2.29. The average molecular weight is 223 g/mol. The van der Waals surface area contributed by atoms with Crippen molar-refractivity contribution in [3.8, 4) is 0 Å². The van der Waals surface area contributed by atoms with E-state index in [4.69, 9.17) is 5.21 Å². The van der Waals surface area contributed by atoms with Crippen LogP contribution >= 0.6 is 0 Å². The first kappa shape index (κ1) is 11.6. The van der Waals surface area contributed by atoms with Crippen LogP contribution < -0.4 is 4.90 Å². The van der Waals surface area contributed by atoms with E-state index in [1.165, 1.54) is 7.05 Å². The summed E-state index contributed by atoms with van der Waals surface area (Å²) in [6.07, 6.45) is 0. The quantitative estimate of drug-likeness (QED) is 0.249. The number of carbonyl (C=O) groups is 1. The normalized spacial score (nSPS) is 10.9. The van der Waals surface area contributed by atoms with Gasteiger partial charge >= 0.3 is 11.7 Å². The zero-order valence-electron chi connectivity index (χ0n) is 8.40. The Hall–Kier alpha value is -2.44. The first-order valence-electron chi connectivity index (χ1n) is 4.27. The summed E-state index contributed by atoms with van der Waals surface area (Å²) in [5, 5.41) is 21.1. The molecule has 0 saturated carbocycles. The maximum Gasteiger partial charge on any atom is 0.474 e. The molecular formula is C9H9N3O4. The first-order chi connectivity index (χ1) is 7.57. The third-order valence-corrected chi connectivity index (χ3v) is 1.91. The Morgan fingerprint density at radius 1 is 1.44 bits per heavy atom. The Morgan fingerprint density at radius 2 is 2.00 bits per heavy atom. The zero-order chi connectivity index (χ0) is 12.1. The lowest BCUT2D eigenvalue weighted by Gasteiger charge is -2.14. The van der Waals surface area contributed by atoms with Crippen molar-refractivity contribution in [1.29, 1.82) is 0 Å². The fourth-order valence-corrected chi connectivity index (χ4v) is 1.08. The fraction of sp³-hybridized carbons (Fsp3) is 0.111. The zero-order valence-corrected chi connectivity index (χ0v) is 8.40. The molecule has 0 atom stereocenters. The Bertz CT molecular complexity index is 430. The average Bonchev–Trinajstić information content (AvgIpc) is 2.29. The van der Waals surface area contributed by atoms with Gasteiger partial charge < -0.3 is 20.2 Å². The van der Waals surface area contributed by atoms with Crippen LogP contribution in [0.2, 0.25) is 0 Å². The summed E-state index contributed by atoms with van der Waals surface area (Å²) in [4.78, 5) is 21.9. The predicted molar refractivity (Wildman–Crippen MR) is 56.1 cm³/mol. The number of likely N-dealkylation sites (N-methyl/N-ethyl adjacent to an activating group) is 1. The van der Waals surface area contributed by atoms with Gasteiger partial charge in [-0.2, -0.15) is 0 Å². The summed E-state index contributed by atoms with van der Waals surface area (Å²) in [7, 11) is 1.35. The second kappa shape index (κ2) is 4.87. The molecule has 0 fully saturated rings. The first-order valence-corrected chi connectivity index (χ1v) is 4.27. The molecule has 0 unspecified atom stereocenters. The number of amides is 1. The van der Waals surface area contributed by atoms with E-state index in [0.29, 0.717) is 5.69 Å². The molecule has 1 aromatic carbocycles. The van der Waals surface area contributed by atoms with Crippen molar-refractivity contribution in [2.45, 2.75) is 0 Å². The number of carbonyl (C=O) groups excluding carboxylic acids is 1. The molecule has 0 aliphatic carbocycles. The Balaban J connectivity index is 2.95.